The van der Waals surface area contributed by atoms with Crippen molar-refractivity contribution in [3.05, 3.63) is 47.0 Å². The van der Waals surface area contributed by atoms with Crippen LogP contribution in [0.3, 0.4) is 0 Å². The minimum atomic E-state index is 0.243. The molecule has 0 heterocycles. The van der Waals surface area contributed by atoms with Crippen LogP contribution in [0, 0.1) is 0 Å². The molecule has 1 rings (SSSR count). The summed E-state index contributed by atoms with van der Waals surface area (Å²) in [5.74, 6) is 0. The van der Waals surface area contributed by atoms with Gasteiger partial charge in [-0.15, -0.1) is 6.58 Å². The Morgan fingerprint density at radius 3 is 2.65 bits per heavy atom. The van der Waals surface area contributed by atoms with E-state index in [1.807, 2.05) is 12.1 Å². The van der Waals surface area contributed by atoms with E-state index < -0.39 is 0 Å². The van der Waals surface area contributed by atoms with E-state index in [0.29, 0.717) is 11.7 Å². The summed E-state index contributed by atoms with van der Waals surface area (Å²) in [6, 6.07) is 8.52. The van der Waals surface area contributed by atoms with Crippen molar-refractivity contribution in [1.29, 1.82) is 0 Å². The van der Waals surface area contributed by atoms with Gasteiger partial charge in [0.05, 0.1) is 6.04 Å². The Balaban J connectivity index is 2.62. The highest BCUT2D eigenvalue weighted by Crippen LogP contribution is 2.19. The number of halogens is 1. The van der Waals surface area contributed by atoms with Crippen LogP contribution in [0.1, 0.15) is 24.9 Å². The largest absolute Gasteiger partial charge is 0.359 e. The molecule has 0 bridgehead atoms. The predicted molar refractivity (Wildman–Crippen MR) is 81.1 cm³/mol. The van der Waals surface area contributed by atoms with E-state index in [4.69, 9.17) is 12.2 Å². The molecule has 4 heteroatoms. The van der Waals surface area contributed by atoms with Crippen LogP contribution < -0.4 is 10.6 Å². The molecule has 0 fully saturated rings. The first-order valence-electron chi connectivity index (χ1n) is 5.58. The van der Waals surface area contributed by atoms with Gasteiger partial charge in [0.1, 0.15) is 0 Å². The molecule has 0 unspecified atom stereocenters. The van der Waals surface area contributed by atoms with Gasteiger partial charge in [-0.25, -0.2) is 0 Å². The van der Waals surface area contributed by atoms with Gasteiger partial charge in [-0.2, -0.15) is 0 Å². The van der Waals surface area contributed by atoms with Crippen LogP contribution in [-0.2, 0) is 0 Å². The van der Waals surface area contributed by atoms with Crippen LogP contribution in [0.25, 0.3) is 0 Å². The quantitative estimate of drug-likeness (QED) is 0.642. The van der Waals surface area contributed by atoms with E-state index in [0.717, 1.165) is 10.9 Å². The van der Waals surface area contributed by atoms with Crippen LogP contribution in [0.5, 0.6) is 0 Å². The summed E-state index contributed by atoms with van der Waals surface area (Å²) in [4.78, 5) is 0. The van der Waals surface area contributed by atoms with Crippen LogP contribution in [0.15, 0.2) is 41.4 Å². The Morgan fingerprint density at radius 1 is 1.47 bits per heavy atom. The third kappa shape index (κ3) is 4.88. The number of rotatable bonds is 5. The first kappa shape index (κ1) is 14.2. The molecule has 1 aromatic rings. The second kappa shape index (κ2) is 7.45. The molecule has 0 aliphatic heterocycles. The van der Waals surface area contributed by atoms with Crippen molar-refractivity contribution in [1.82, 2.24) is 10.6 Å². The molecule has 0 saturated heterocycles. The lowest BCUT2D eigenvalue weighted by Crippen LogP contribution is -2.37. The molecule has 0 spiro atoms. The van der Waals surface area contributed by atoms with Gasteiger partial charge in [0, 0.05) is 11.0 Å². The molecule has 2 nitrogen and oxygen atoms in total. The Hall–Kier alpha value is -0.870. The summed E-state index contributed by atoms with van der Waals surface area (Å²) in [7, 11) is 0. The zero-order chi connectivity index (χ0) is 12.7. The maximum absolute atomic E-state index is 5.21. The lowest BCUT2D eigenvalue weighted by Gasteiger charge is -2.19. The number of thiocarbonyl (C=S) groups is 1. The molecule has 0 amide bonds. The van der Waals surface area contributed by atoms with Crippen molar-refractivity contribution in [3.8, 4) is 0 Å². The van der Waals surface area contributed by atoms with Crippen molar-refractivity contribution in [3.63, 3.8) is 0 Å². The summed E-state index contributed by atoms with van der Waals surface area (Å²) in [6.07, 6.45) is 2.77. The minimum absolute atomic E-state index is 0.243. The molecule has 0 aromatic heterocycles. The summed E-state index contributed by atoms with van der Waals surface area (Å²) < 4.78 is 1.09. The van der Waals surface area contributed by atoms with Gasteiger partial charge in [-0.1, -0.05) is 41.1 Å². The number of benzene rings is 1. The fourth-order valence-electron chi connectivity index (χ4n) is 1.49. The van der Waals surface area contributed by atoms with Crippen molar-refractivity contribution in [2.75, 3.05) is 6.54 Å². The molecule has 0 aliphatic carbocycles. The topological polar surface area (TPSA) is 24.1 Å². The van der Waals surface area contributed by atoms with Crippen molar-refractivity contribution in [2.24, 2.45) is 0 Å². The molecule has 92 valence electrons. The van der Waals surface area contributed by atoms with Gasteiger partial charge in [-0.3, -0.25) is 0 Å². The lowest BCUT2D eigenvalue weighted by molar-refractivity contribution is 0.619. The summed E-state index contributed by atoms with van der Waals surface area (Å²) in [5, 5.41) is 7.03. The Bertz CT molecular complexity index is 376. The summed E-state index contributed by atoms with van der Waals surface area (Å²) >= 11 is 8.64. The van der Waals surface area contributed by atoms with Crippen LogP contribution in [0.2, 0.25) is 0 Å². The number of nitrogens with one attached hydrogen (secondary N) is 2. The van der Waals surface area contributed by atoms with Gasteiger partial charge in [0.2, 0.25) is 0 Å². The lowest BCUT2D eigenvalue weighted by atomic mass is 10.1. The predicted octanol–water partition coefficient (Wildman–Crippen LogP) is 3.55. The molecule has 0 aliphatic rings. The molecule has 0 saturated carbocycles. The zero-order valence-electron chi connectivity index (χ0n) is 9.87. The van der Waals surface area contributed by atoms with E-state index in [9.17, 15) is 0 Å². The van der Waals surface area contributed by atoms with Gasteiger partial charge in [-0.05, 0) is 36.3 Å². The maximum Gasteiger partial charge on any atom is 0.167 e. The average molecular weight is 313 g/mol. The molecule has 1 atom stereocenters. The molecule has 0 radical (unpaired) electrons. The third-order valence-electron chi connectivity index (χ3n) is 2.39. The van der Waals surface area contributed by atoms with Gasteiger partial charge >= 0.3 is 0 Å². The van der Waals surface area contributed by atoms with Crippen LogP contribution >= 0.6 is 28.1 Å². The van der Waals surface area contributed by atoms with Crippen molar-refractivity contribution >= 4 is 33.3 Å². The Morgan fingerprint density at radius 2 is 2.12 bits per heavy atom. The first-order chi connectivity index (χ1) is 8.17. The highest BCUT2D eigenvalue weighted by Gasteiger charge is 2.09. The molecule has 1 aromatic carbocycles. The van der Waals surface area contributed by atoms with E-state index >= 15 is 0 Å². The third-order valence-corrected chi connectivity index (χ3v) is 3.18. The normalized spacial score (nSPS) is 11.6. The smallest absolute Gasteiger partial charge is 0.167 e. The zero-order valence-corrected chi connectivity index (χ0v) is 12.3. The molecular formula is C13H17BrN2S. The monoisotopic (exact) mass is 312 g/mol. The van der Waals surface area contributed by atoms with E-state index in [-0.39, 0.29) is 6.04 Å². The fraction of sp³-hybridized carbons (Fsp3) is 0.308. The molecular weight excluding hydrogens is 296 g/mol. The summed E-state index contributed by atoms with van der Waals surface area (Å²) in [6.45, 7) is 6.46. The van der Waals surface area contributed by atoms with Gasteiger partial charge in [0.25, 0.3) is 0 Å². The number of hydrogen-bond acceptors (Lipinski definition) is 1. The highest BCUT2D eigenvalue weighted by atomic mass is 79.9. The number of hydrogen-bond donors (Lipinski definition) is 2. The minimum Gasteiger partial charge on any atom is -0.359 e. The maximum atomic E-state index is 5.21. The SMILES string of the molecule is C=CCNC(=S)N[C@@H](CC)c1ccc(Br)cc1. The second-order valence-electron chi connectivity index (χ2n) is 3.66. The van der Waals surface area contributed by atoms with Crippen LogP contribution in [-0.4, -0.2) is 11.7 Å². The average Bonchev–Trinajstić information content (AvgIpc) is 2.34. The van der Waals surface area contributed by atoms with E-state index in [2.05, 4.69) is 52.2 Å². The van der Waals surface area contributed by atoms with Crippen molar-refractivity contribution in [2.45, 2.75) is 19.4 Å². The van der Waals surface area contributed by atoms with Crippen molar-refractivity contribution < 1.29 is 0 Å². The second-order valence-corrected chi connectivity index (χ2v) is 4.98. The van der Waals surface area contributed by atoms with E-state index in [1.54, 1.807) is 6.08 Å². The first-order valence-corrected chi connectivity index (χ1v) is 6.78. The Kier molecular flexibility index (Phi) is 6.22. The van der Waals surface area contributed by atoms with Crippen LogP contribution in [0.4, 0.5) is 0 Å². The van der Waals surface area contributed by atoms with Gasteiger partial charge in [0.15, 0.2) is 5.11 Å². The summed E-state index contributed by atoms with van der Waals surface area (Å²) in [5.41, 5.74) is 1.23. The Labute approximate surface area is 117 Å². The highest BCUT2D eigenvalue weighted by molar-refractivity contribution is 9.10. The standard InChI is InChI=1S/C13H17BrN2S/c1-3-9-15-13(17)16-12(4-2)10-5-7-11(14)8-6-10/h3,5-8,12H,1,4,9H2,2H3,(H2,15,16,17)/t12-/m0/s1. The molecule has 2 N–H and O–H groups in total. The van der Waals surface area contributed by atoms with Gasteiger partial charge < -0.3 is 10.6 Å². The molecule has 17 heavy (non-hydrogen) atoms. The fourth-order valence-corrected chi connectivity index (χ4v) is 1.98. The van der Waals surface area contributed by atoms with E-state index in [1.165, 1.54) is 5.56 Å².